The molecule has 1 heterocycles. The van der Waals surface area contributed by atoms with Crippen LogP contribution in [0.15, 0.2) is 31.9 Å². The Kier molecular flexibility index (Phi) is 2.95. The smallest absolute Gasteiger partial charge is 0.252 e. The van der Waals surface area contributed by atoms with E-state index in [9.17, 15) is 4.79 Å². The van der Waals surface area contributed by atoms with Crippen LogP contribution >= 0.6 is 31.9 Å². The molecule has 0 saturated carbocycles. The maximum absolute atomic E-state index is 11.5. The van der Waals surface area contributed by atoms with E-state index in [1.807, 2.05) is 18.2 Å². The van der Waals surface area contributed by atoms with Crippen LogP contribution in [0, 0.1) is 0 Å². The van der Waals surface area contributed by atoms with E-state index in [1.165, 1.54) is 0 Å². The van der Waals surface area contributed by atoms with E-state index in [1.54, 1.807) is 0 Å². The Labute approximate surface area is 103 Å². The number of H-pyrrole nitrogens is 1. The monoisotopic (exact) mass is 330 g/mol. The number of nitrogens with one attached hydrogen (secondary N) is 1. The lowest BCUT2D eigenvalue weighted by atomic mass is 10.1. The number of pyridine rings is 1. The molecule has 0 aliphatic heterocycles. The van der Waals surface area contributed by atoms with Gasteiger partial charge in [0.15, 0.2) is 0 Å². The fourth-order valence-corrected chi connectivity index (χ4v) is 2.80. The van der Waals surface area contributed by atoms with Gasteiger partial charge in [0.1, 0.15) is 0 Å². The van der Waals surface area contributed by atoms with E-state index in [2.05, 4.69) is 36.8 Å². The summed E-state index contributed by atoms with van der Waals surface area (Å²) in [6.07, 6.45) is 0. The van der Waals surface area contributed by atoms with Crippen LogP contribution in [-0.2, 0) is 6.54 Å². The molecule has 0 atom stereocenters. The maximum Gasteiger partial charge on any atom is 0.252 e. The van der Waals surface area contributed by atoms with Crippen LogP contribution in [0.2, 0.25) is 0 Å². The van der Waals surface area contributed by atoms with Crippen LogP contribution in [0.1, 0.15) is 5.56 Å². The normalized spacial score (nSPS) is 10.9. The highest BCUT2D eigenvalue weighted by Gasteiger charge is 2.05. The predicted octanol–water partition coefficient (Wildman–Crippen LogP) is 2.51. The molecule has 3 N–H and O–H groups in total. The summed E-state index contributed by atoms with van der Waals surface area (Å²) in [5.74, 6) is 0. The quantitative estimate of drug-likeness (QED) is 0.843. The van der Waals surface area contributed by atoms with Gasteiger partial charge in [0.25, 0.3) is 5.56 Å². The van der Waals surface area contributed by atoms with Gasteiger partial charge in [-0.25, -0.2) is 0 Å². The van der Waals surface area contributed by atoms with Crippen molar-refractivity contribution in [3.8, 4) is 0 Å². The number of aromatic nitrogens is 1. The number of rotatable bonds is 1. The molecule has 1 aromatic carbocycles. The van der Waals surface area contributed by atoms with Gasteiger partial charge < -0.3 is 10.7 Å². The zero-order valence-corrected chi connectivity index (χ0v) is 10.9. The number of fused-ring (bicyclic) bond motifs is 1. The first kappa shape index (κ1) is 10.9. The van der Waals surface area contributed by atoms with Gasteiger partial charge in [0.05, 0.1) is 5.52 Å². The molecule has 0 spiro atoms. The van der Waals surface area contributed by atoms with Crippen molar-refractivity contribution in [3.05, 3.63) is 43.1 Å². The molecular formula is C10H8Br2N2O. The van der Waals surface area contributed by atoms with Gasteiger partial charge in [-0.05, 0) is 34.1 Å². The summed E-state index contributed by atoms with van der Waals surface area (Å²) in [5, 5.41) is 0.955. The summed E-state index contributed by atoms with van der Waals surface area (Å²) in [5.41, 5.74) is 6.73. The third kappa shape index (κ3) is 2.00. The van der Waals surface area contributed by atoms with Crippen LogP contribution in [0.4, 0.5) is 0 Å². The summed E-state index contributed by atoms with van der Waals surface area (Å²) in [6, 6.07) is 5.64. The van der Waals surface area contributed by atoms with Gasteiger partial charge in [0.2, 0.25) is 0 Å². The molecule has 0 aliphatic carbocycles. The Balaban J connectivity index is 2.87. The highest BCUT2D eigenvalue weighted by atomic mass is 79.9. The first-order valence-electron chi connectivity index (χ1n) is 4.33. The molecule has 1 aromatic heterocycles. The number of hydrogen-bond donors (Lipinski definition) is 2. The zero-order valence-electron chi connectivity index (χ0n) is 7.68. The Bertz CT molecular complexity index is 577. The molecule has 0 bridgehead atoms. The summed E-state index contributed by atoms with van der Waals surface area (Å²) in [4.78, 5) is 14.3. The van der Waals surface area contributed by atoms with E-state index in [4.69, 9.17) is 5.73 Å². The minimum absolute atomic E-state index is 0.131. The minimum Gasteiger partial charge on any atom is -0.326 e. The van der Waals surface area contributed by atoms with Gasteiger partial charge in [-0.15, -0.1) is 0 Å². The lowest BCUT2D eigenvalue weighted by Crippen LogP contribution is -2.15. The fourth-order valence-electron chi connectivity index (χ4n) is 1.44. The summed E-state index contributed by atoms with van der Waals surface area (Å²) < 4.78 is 1.81. The third-order valence-electron chi connectivity index (χ3n) is 2.17. The third-order valence-corrected chi connectivity index (χ3v) is 3.25. The molecule has 0 saturated heterocycles. The average molecular weight is 332 g/mol. The lowest BCUT2D eigenvalue weighted by molar-refractivity contribution is 1.03. The second-order valence-corrected chi connectivity index (χ2v) is 4.95. The molecule has 78 valence electrons. The average Bonchev–Trinajstić information content (AvgIpc) is 2.18. The molecule has 2 rings (SSSR count). The topological polar surface area (TPSA) is 58.9 Å². The van der Waals surface area contributed by atoms with Crippen molar-refractivity contribution in [1.29, 1.82) is 0 Å². The van der Waals surface area contributed by atoms with Crippen molar-refractivity contribution in [2.45, 2.75) is 6.54 Å². The number of benzene rings is 1. The van der Waals surface area contributed by atoms with E-state index in [0.717, 1.165) is 19.8 Å². The summed E-state index contributed by atoms with van der Waals surface area (Å²) in [7, 11) is 0. The minimum atomic E-state index is -0.131. The first-order valence-corrected chi connectivity index (χ1v) is 5.91. The molecule has 3 nitrogen and oxygen atoms in total. The Morgan fingerprint density at radius 1 is 1.27 bits per heavy atom. The van der Waals surface area contributed by atoms with Gasteiger partial charge in [-0.1, -0.05) is 15.9 Å². The van der Waals surface area contributed by atoms with Gasteiger partial charge in [0, 0.05) is 26.4 Å². The Hall–Kier alpha value is -0.650. The van der Waals surface area contributed by atoms with Crippen molar-refractivity contribution in [3.63, 3.8) is 0 Å². The van der Waals surface area contributed by atoms with Crippen LogP contribution in [0.3, 0.4) is 0 Å². The molecule has 0 fully saturated rings. The van der Waals surface area contributed by atoms with Gasteiger partial charge >= 0.3 is 0 Å². The number of nitrogens with two attached hydrogens (primary N) is 1. The van der Waals surface area contributed by atoms with Crippen LogP contribution in [0.25, 0.3) is 10.9 Å². The molecule has 0 radical (unpaired) electrons. The Morgan fingerprint density at radius 2 is 2.00 bits per heavy atom. The molecular weight excluding hydrogens is 324 g/mol. The van der Waals surface area contributed by atoms with Crippen molar-refractivity contribution in [2.75, 3.05) is 0 Å². The highest BCUT2D eigenvalue weighted by molar-refractivity contribution is 9.11. The molecule has 15 heavy (non-hydrogen) atoms. The van der Waals surface area contributed by atoms with Crippen molar-refractivity contribution < 1.29 is 0 Å². The van der Waals surface area contributed by atoms with E-state index in [0.29, 0.717) is 5.56 Å². The fraction of sp³-hybridized carbons (Fsp3) is 0.100. The second-order valence-electron chi connectivity index (χ2n) is 3.18. The Morgan fingerprint density at radius 3 is 2.67 bits per heavy atom. The van der Waals surface area contributed by atoms with Crippen molar-refractivity contribution in [1.82, 2.24) is 4.98 Å². The summed E-state index contributed by atoms with van der Waals surface area (Å²) in [6.45, 7) is 0.245. The zero-order chi connectivity index (χ0) is 11.0. The summed E-state index contributed by atoms with van der Waals surface area (Å²) >= 11 is 6.79. The second kappa shape index (κ2) is 4.08. The van der Waals surface area contributed by atoms with Gasteiger partial charge in [-0.2, -0.15) is 0 Å². The maximum atomic E-state index is 11.5. The molecule has 0 aliphatic rings. The largest absolute Gasteiger partial charge is 0.326 e. The standard InChI is InChI=1S/C10H8Br2N2O/c11-7-2-5-1-6(4-13)10(15)14-9(5)8(12)3-7/h1-3H,4,13H2,(H,14,15). The van der Waals surface area contributed by atoms with E-state index in [-0.39, 0.29) is 12.1 Å². The van der Waals surface area contributed by atoms with E-state index >= 15 is 0 Å². The number of hydrogen-bond acceptors (Lipinski definition) is 2. The SMILES string of the molecule is NCc1cc2cc(Br)cc(Br)c2[nH]c1=O. The van der Waals surface area contributed by atoms with Crippen LogP contribution in [0.5, 0.6) is 0 Å². The molecule has 5 heteroatoms. The van der Waals surface area contributed by atoms with Crippen LogP contribution < -0.4 is 11.3 Å². The molecule has 0 amide bonds. The van der Waals surface area contributed by atoms with Crippen molar-refractivity contribution >= 4 is 42.8 Å². The highest BCUT2D eigenvalue weighted by Crippen LogP contribution is 2.26. The number of aromatic amines is 1. The molecule has 0 unspecified atom stereocenters. The van der Waals surface area contributed by atoms with Gasteiger partial charge in [-0.3, -0.25) is 4.79 Å². The predicted molar refractivity (Wildman–Crippen MR) is 67.9 cm³/mol. The number of halogens is 2. The van der Waals surface area contributed by atoms with E-state index < -0.39 is 0 Å². The van der Waals surface area contributed by atoms with Crippen LogP contribution in [-0.4, -0.2) is 4.98 Å². The van der Waals surface area contributed by atoms with Crippen molar-refractivity contribution in [2.24, 2.45) is 5.73 Å². The first-order chi connectivity index (χ1) is 7.11. The molecule has 2 aromatic rings. The lowest BCUT2D eigenvalue weighted by Gasteiger charge is -2.04.